The lowest BCUT2D eigenvalue weighted by molar-refractivity contribution is -0.122. The van der Waals surface area contributed by atoms with Gasteiger partial charge in [-0.05, 0) is 56.9 Å². The second-order valence-electron chi connectivity index (χ2n) is 7.21. The molecule has 2 aromatic rings. The zero-order valence-corrected chi connectivity index (χ0v) is 14.1. The highest BCUT2D eigenvalue weighted by Crippen LogP contribution is 2.45. The summed E-state index contributed by atoms with van der Waals surface area (Å²) in [4.78, 5) is 41.2. The number of hydrogen-bond acceptors (Lipinski definition) is 3. The SMILES string of the molecule is CCN1C(=O)C(C)(C)c2cc3[nH]c4c(c3cc21)CCC(C=O)C4=O. The van der Waals surface area contributed by atoms with Crippen molar-refractivity contribution < 1.29 is 14.4 Å². The van der Waals surface area contributed by atoms with Crippen molar-refractivity contribution in [3.8, 4) is 0 Å². The summed E-state index contributed by atoms with van der Waals surface area (Å²) in [6.07, 6.45) is 2.01. The number of anilines is 1. The van der Waals surface area contributed by atoms with Crippen molar-refractivity contribution >= 4 is 34.6 Å². The first-order valence-corrected chi connectivity index (χ1v) is 8.40. The molecule has 1 aromatic carbocycles. The van der Waals surface area contributed by atoms with Crippen LogP contribution in [-0.2, 0) is 21.4 Å². The number of amides is 1. The topological polar surface area (TPSA) is 70.2 Å². The molecule has 1 amide bonds. The molecule has 0 spiro atoms. The molecule has 1 N–H and O–H groups in total. The van der Waals surface area contributed by atoms with Crippen LogP contribution < -0.4 is 4.90 Å². The van der Waals surface area contributed by atoms with Crippen molar-refractivity contribution in [2.24, 2.45) is 5.92 Å². The van der Waals surface area contributed by atoms with Crippen LogP contribution in [0.25, 0.3) is 10.9 Å². The molecule has 0 saturated heterocycles. The monoisotopic (exact) mass is 324 g/mol. The number of ketones is 1. The number of carbonyl (C=O) groups is 3. The van der Waals surface area contributed by atoms with Crippen molar-refractivity contribution in [2.75, 3.05) is 11.4 Å². The van der Waals surface area contributed by atoms with E-state index in [-0.39, 0.29) is 11.7 Å². The molecule has 24 heavy (non-hydrogen) atoms. The van der Waals surface area contributed by atoms with E-state index in [9.17, 15) is 14.4 Å². The normalized spacial score (nSPS) is 22.0. The number of fused-ring (bicyclic) bond motifs is 4. The molecule has 5 heteroatoms. The number of likely N-dealkylation sites (N-methyl/N-ethyl adjacent to an activating group) is 1. The third kappa shape index (κ3) is 1.72. The summed E-state index contributed by atoms with van der Waals surface area (Å²) in [5.74, 6) is -0.550. The Balaban J connectivity index is 1.97. The number of aldehydes is 1. The molecule has 1 aromatic heterocycles. The molecule has 1 atom stereocenters. The molecule has 2 heterocycles. The van der Waals surface area contributed by atoms with Crippen LogP contribution in [0, 0.1) is 5.92 Å². The first-order chi connectivity index (χ1) is 11.4. The van der Waals surface area contributed by atoms with Crippen molar-refractivity contribution in [3.05, 3.63) is 29.0 Å². The van der Waals surface area contributed by atoms with Gasteiger partial charge in [0.1, 0.15) is 6.29 Å². The number of aromatic nitrogens is 1. The minimum atomic E-state index is -0.569. The van der Waals surface area contributed by atoms with E-state index in [1.807, 2.05) is 37.8 Å². The molecule has 0 bridgehead atoms. The quantitative estimate of drug-likeness (QED) is 0.682. The van der Waals surface area contributed by atoms with Gasteiger partial charge in [0, 0.05) is 23.1 Å². The maximum atomic E-state index is 12.7. The number of aryl methyl sites for hydroxylation is 1. The van der Waals surface area contributed by atoms with Gasteiger partial charge in [0.05, 0.1) is 17.0 Å². The Morgan fingerprint density at radius 2 is 2.08 bits per heavy atom. The summed E-state index contributed by atoms with van der Waals surface area (Å²) < 4.78 is 0. The standard InChI is InChI=1S/C19H20N2O3/c1-4-21-15-7-12-11-6-5-10(9-22)17(23)16(11)20-14(12)8-13(15)19(2,3)18(21)24/h7-10,20H,4-6H2,1-3H3. The number of Topliss-reactive ketones (excluding diaryl/α,β-unsaturated/α-hetero) is 1. The predicted molar refractivity (Wildman–Crippen MR) is 91.6 cm³/mol. The first kappa shape index (κ1) is 15.1. The summed E-state index contributed by atoms with van der Waals surface area (Å²) in [5.41, 5.74) is 3.76. The van der Waals surface area contributed by atoms with E-state index in [1.165, 1.54) is 0 Å². The fraction of sp³-hybridized carbons (Fsp3) is 0.421. The number of nitrogens with zero attached hydrogens (tertiary/aromatic N) is 1. The molecular formula is C19H20N2O3. The van der Waals surface area contributed by atoms with Crippen LogP contribution in [0.15, 0.2) is 12.1 Å². The Bertz CT molecular complexity index is 907. The summed E-state index contributed by atoms with van der Waals surface area (Å²) >= 11 is 0. The number of aromatic amines is 1. The zero-order valence-electron chi connectivity index (χ0n) is 14.1. The van der Waals surface area contributed by atoms with E-state index in [0.717, 1.165) is 34.0 Å². The molecular weight excluding hydrogens is 304 g/mol. The van der Waals surface area contributed by atoms with Gasteiger partial charge < -0.3 is 14.7 Å². The van der Waals surface area contributed by atoms with Gasteiger partial charge in [-0.1, -0.05) is 0 Å². The second-order valence-corrected chi connectivity index (χ2v) is 7.21. The van der Waals surface area contributed by atoms with E-state index in [0.29, 0.717) is 25.1 Å². The number of H-pyrrole nitrogens is 1. The fourth-order valence-electron chi connectivity index (χ4n) is 4.10. The molecule has 0 saturated carbocycles. The average Bonchev–Trinajstić information content (AvgIpc) is 3.01. The van der Waals surface area contributed by atoms with Crippen LogP contribution in [0.1, 0.15) is 48.8 Å². The third-order valence-corrected chi connectivity index (χ3v) is 5.54. The van der Waals surface area contributed by atoms with E-state index < -0.39 is 11.3 Å². The summed E-state index contributed by atoms with van der Waals surface area (Å²) in [5, 5.41) is 0.991. The number of rotatable bonds is 2. The van der Waals surface area contributed by atoms with Gasteiger partial charge in [0.15, 0.2) is 5.78 Å². The Kier molecular flexibility index (Phi) is 3.02. The molecule has 1 unspecified atom stereocenters. The van der Waals surface area contributed by atoms with E-state index in [2.05, 4.69) is 4.98 Å². The van der Waals surface area contributed by atoms with Crippen LogP contribution in [0.2, 0.25) is 0 Å². The predicted octanol–water partition coefficient (Wildman–Crippen LogP) is 2.76. The molecule has 1 aliphatic heterocycles. The van der Waals surface area contributed by atoms with Crippen molar-refractivity contribution in [1.29, 1.82) is 0 Å². The highest BCUT2D eigenvalue weighted by atomic mass is 16.2. The minimum absolute atomic E-state index is 0.110. The number of nitrogens with one attached hydrogen (secondary N) is 1. The summed E-state index contributed by atoms with van der Waals surface area (Å²) in [7, 11) is 0. The van der Waals surface area contributed by atoms with Crippen LogP contribution in [0.4, 0.5) is 5.69 Å². The largest absolute Gasteiger partial charge is 0.352 e. The van der Waals surface area contributed by atoms with Gasteiger partial charge >= 0.3 is 0 Å². The van der Waals surface area contributed by atoms with E-state index in [4.69, 9.17) is 0 Å². The van der Waals surface area contributed by atoms with Gasteiger partial charge in [-0.15, -0.1) is 0 Å². The lowest BCUT2D eigenvalue weighted by Gasteiger charge is -2.18. The minimum Gasteiger partial charge on any atom is -0.352 e. The number of hydrogen-bond donors (Lipinski definition) is 1. The van der Waals surface area contributed by atoms with E-state index in [1.54, 1.807) is 0 Å². The van der Waals surface area contributed by atoms with Gasteiger partial charge in [-0.25, -0.2) is 0 Å². The van der Waals surface area contributed by atoms with Crippen molar-refractivity contribution in [2.45, 2.75) is 39.0 Å². The third-order valence-electron chi connectivity index (χ3n) is 5.54. The van der Waals surface area contributed by atoms with Crippen LogP contribution in [0.3, 0.4) is 0 Å². The fourth-order valence-corrected chi connectivity index (χ4v) is 4.10. The lowest BCUT2D eigenvalue weighted by atomic mass is 9.84. The second kappa shape index (κ2) is 4.79. The van der Waals surface area contributed by atoms with Crippen molar-refractivity contribution in [3.63, 3.8) is 0 Å². The Labute approximate surface area is 140 Å². The zero-order chi connectivity index (χ0) is 17.2. The molecule has 4 rings (SSSR count). The maximum Gasteiger partial charge on any atom is 0.237 e. The molecule has 124 valence electrons. The Morgan fingerprint density at radius 1 is 1.33 bits per heavy atom. The van der Waals surface area contributed by atoms with Crippen LogP contribution in [-0.4, -0.2) is 29.5 Å². The van der Waals surface area contributed by atoms with Gasteiger partial charge in [-0.2, -0.15) is 0 Å². The number of carbonyl (C=O) groups excluding carboxylic acids is 3. The Hall–Kier alpha value is -2.43. The molecule has 0 radical (unpaired) electrons. The Morgan fingerprint density at radius 3 is 2.75 bits per heavy atom. The highest BCUT2D eigenvalue weighted by molar-refractivity contribution is 6.13. The van der Waals surface area contributed by atoms with Crippen molar-refractivity contribution in [1.82, 2.24) is 4.98 Å². The van der Waals surface area contributed by atoms with Gasteiger partial charge in [0.2, 0.25) is 5.91 Å². The first-order valence-electron chi connectivity index (χ1n) is 8.40. The van der Waals surface area contributed by atoms with Crippen LogP contribution in [0.5, 0.6) is 0 Å². The highest BCUT2D eigenvalue weighted by Gasteiger charge is 2.44. The molecule has 1 aliphatic carbocycles. The van der Waals surface area contributed by atoms with E-state index >= 15 is 0 Å². The smallest absolute Gasteiger partial charge is 0.237 e. The molecule has 5 nitrogen and oxygen atoms in total. The maximum absolute atomic E-state index is 12.7. The summed E-state index contributed by atoms with van der Waals surface area (Å²) in [6, 6.07) is 4.03. The van der Waals surface area contributed by atoms with Gasteiger partial charge in [-0.3, -0.25) is 9.59 Å². The average molecular weight is 324 g/mol. The molecule has 0 fully saturated rings. The van der Waals surface area contributed by atoms with Crippen LogP contribution >= 0.6 is 0 Å². The van der Waals surface area contributed by atoms with Gasteiger partial charge in [0.25, 0.3) is 0 Å². The molecule has 2 aliphatic rings. The summed E-state index contributed by atoms with van der Waals surface area (Å²) in [6.45, 7) is 6.47. The number of benzene rings is 1. The lowest BCUT2D eigenvalue weighted by Crippen LogP contribution is -2.35.